The minimum absolute atomic E-state index is 0.104. The number of rotatable bonds is 4. The first-order valence-electron chi connectivity index (χ1n) is 9.98. The van der Waals surface area contributed by atoms with Crippen LogP contribution in [-0.2, 0) is 14.3 Å². The normalized spacial score (nSPS) is 24.5. The molecule has 3 fully saturated rings. The van der Waals surface area contributed by atoms with Crippen LogP contribution in [0.15, 0.2) is 0 Å². The van der Waals surface area contributed by atoms with E-state index in [2.05, 4.69) is 9.80 Å². The molecule has 0 unspecified atom stereocenters. The Morgan fingerprint density at radius 1 is 0.840 bits per heavy atom. The highest BCUT2D eigenvalue weighted by Gasteiger charge is 2.33. The predicted octanol–water partition coefficient (Wildman–Crippen LogP) is 1.35. The molecule has 3 aliphatic heterocycles. The summed E-state index contributed by atoms with van der Waals surface area (Å²) < 4.78 is 4.95. The number of amides is 2. The number of carbonyl (C=O) groups is 2. The van der Waals surface area contributed by atoms with E-state index in [0.717, 1.165) is 65.0 Å². The molecule has 0 saturated carbocycles. The monoisotopic (exact) mass is 351 g/mol. The largest absolute Gasteiger partial charge is 0.375 e. The van der Waals surface area contributed by atoms with Crippen molar-refractivity contribution in [1.29, 1.82) is 0 Å². The molecule has 25 heavy (non-hydrogen) atoms. The number of ether oxygens (including phenoxy) is 1. The molecule has 3 heterocycles. The van der Waals surface area contributed by atoms with Crippen molar-refractivity contribution in [2.24, 2.45) is 5.92 Å². The van der Waals surface area contributed by atoms with Gasteiger partial charge in [0.25, 0.3) is 0 Å². The summed E-state index contributed by atoms with van der Waals surface area (Å²) in [6, 6.07) is 0.567. The van der Waals surface area contributed by atoms with Gasteiger partial charge in [0, 0.05) is 45.2 Å². The highest BCUT2D eigenvalue weighted by molar-refractivity contribution is 5.79. The lowest BCUT2D eigenvalue weighted by Crippen LogP contribution is -2.51. The molecule has 0 aromatic carbocycles. The Labute approximate surface area is 151 Å². The summed E-state index contributed by atoms with van der Waals surface area (Å²) >= 11 is 0. The van der Waals surface area contributed by atoms with E-state index in [1.165, 1.54) is 19.3 Å². The maximum Gasteiger partial charge on any atom is 0.248 e. The fourth-order valence-corrected chi connectivity index (χ4v) is 4.58. The van der Waals surface area contributed by atoms with Crippen LogP contribution >= 0.6 is 0 Å². The van der Waals surface area contributed by atoms with Crippen molar-refractivity contribution in [3.05, 3.63) is 0 Å². The fraction of sp³-hybridized carbons (Fsp3) is 0.895. The molecular formula is C19H33N3O3. The standard InChI is InChI=1S/C19H33N3O3/c1-25-15-18(23)21-13-7-17(8-14-21)20-11-5-16(6-12-20)19(24)22-9-3-2-4-10-22/h16-17H,2-15H2,1H3. The van der Waals surface area contributed by atoms with Crippen molar-refractivity contribution in [1.82, 2.24) is 14.7 Å². The maximum atomic E-state index is 12.7. The van der Waals surface area contributed by atoms with E-state index in [0.29, 0.717) is 11.9 Å². The Kier molecular flexibility index (Phi) is 6.70. The van der Waals surface area contributed by atoms with Crippen molar-refractivity contribution in [2.45, 2.75) is 51.0 Å². The van der Waals surface area contributed by atoms with E-state index in [9.17, 15) is 9.59 Å². The number of likely N-dealkylation sites (tertiary alicyclic amines) is 3. The zero-order valence-corrected chi connectivity index (χ0v) is 15.6. The fourth-order valence-electron chi connectivity index (χ4n) is 4.58. The van der Waals surface area contributed by atoms with E-state index in [1.807, 2.05) is 4.90 Å². The topological polar surface area (TPSA) is 53.1 Å². The van der Waals surface area contributed by atoms with E-state index >= 15 is 0 Å². The third kappa shape index (κ3) is 4.73. The smallest absolute Gasteiger partial charge is 0.248 e. The Bertz CT molecular complexity index is 449. The molecule has 0 atom stereocenters. The summed E-state index contributed by atoms with van der Waals surface area (Å²) in [7, 11) is 1.57. The number of methoxy groups -OCH3 is 1. The second kappa shape index (κ2) is 8.99. The van der Waals surface area contributed by atoms with Crippen LogP contribution in [0.25, 0.3) is 0 Å². The second-order valence-electron chi connectivity index (χ2n) is 7.74. The van der Waals surface area contributed by atoms with E-state index < -0.39 is 0 Å². The average Bonchev–Trinajstić information content (AvgIpc) is 2.68. The number of hydrogen-bond acceptors (Lipinski definition) is 4. The number of hydrogen-bond donors (Lipinski definition) is 0. The van der Waals surface area contributed by atoms with Crippen LogP contribution in [0.2, 0.25) is 0 Å². The zero-order chi connectivity index (χ0) is 17.6. The van der Waals surface area contributed by atoms with Gasteiger partial charge in [-0.3, -0.25) is 9.59 Å². The summed E-state index contributed by atoms with van der Waals surface area (Å²) in [5.74, 6) is 0.740. The summed E-state index contributed by atoms with van der Waals surface area (Å²) in [5.41, 5.74) is 0. The molecular weight excluding hydrogens is 318 g/mol. The van der Waals surface area contributed by atoms with Gasteiger partial charge in [-0.2, -0.15) is 0 Å². The lowest BCUT2D eigenvalue weighted by molar-refractivity contribution is -0.139. The molecule has 0 aliphatic carbocycles. The van der Waals surface area contributed by atoms with Gasteiger partial charge in [-0.1, -0.05) is 0 Å². The Hall–Kier alpha value is -1.14. The molecule has 0 aromatic rings. The maximum absolute atomic E-state index is 12.7. The molecule has 0 radical (unpaired) electrons. The summed E-state index contributed by atoms with van der Waals surface area (Å²) in [5, 5.41) is 0. The third-order valence-corrected chi connectivity index (χ3v) is 6.15. The molecule has 3 aliphatic rings. The van der Waals surface area contributed by atoms with Gasteiger partial charge in [0.1, 0.15) is 6.61 Å². The molecule has 3 rings (SSSR count). The van der Waals surface area contributed by atoms with Gasteiger partial charge >= 0.3 is 0 Å². The van der Waals surface area contributed by atoms with Gasteiger partial charge in [0.05, 0.1) is 0 Å². The van der Waals surface area contributed by atoms with E-state index in [-0.39, 0.29) is 18.4 Å². The quantitative estimate of drug-likeness (QED) is 0.767. The average molecular weight is 351 g/mol. The first-order chi connectivity index (χ1) is 12.2. The molecule has 0 bridgehead atoms. The Morgan fingerprint density at radius 2 is 1.48 bits per heavy atom. The van der Waals surface area contributed by atoms with Crippen molar-refractivity contribution in [3.8, 4) is 0 Å². The zero-order valence-electron chi connectivity index (χ0n) is 15.6. The van der Waals surface area contributed by atoms with Gasteiger partial charge in [-0.15, -0.1) is 0 Å². The molecule has 0 aromatic heterocycles. The highest BCUT2D eigenvalue weighted by atomic mass is 16.5. The van der Waals surface area contributed by atoms with Gasteiger partial charge in [-0.05, 0) is 58.0 Å². The lowest BCUT2D eigenvalue weighted by atomic mass is 9.92. The van der Waals surface area contributed by atoms with Crippen LogP contribution < -0.4 is 0 Å². The van der Waals surface area contributed by atoms with Gasteiger partial charge in [-0.25, -0.2) is 0 Å². The Balaban J connectivity index is 1.41. The van der Waals surface area contributed by atoms with Gasteiger partial charge < -0.3 is 19.4 Å². The molecule has 6 nitrogen and oxygen atoms in total. The minimum Gasteiger partial charge on any atom is -0.375 e. The molecule has 3 saturated heterocycles. The van der Waals surface area contributed by atoms with Crippen LogP contribution in [0, 0.1) is 5.92 Å². The number of carbonyl (C=O) groups excluding carboxylic acids is 2. The first-order valence-corrected chi connectivity index (χ1v) is 9.98. The van der Waals surface area contributed by atoms with E-state index in [4.69, 9.17) is 4.74 Å². The molecule has 0 N–H and O–H groups in total. The van der Waals surface area contributed by atoms with Crippen LogP contribution in [0.3, 0.4) is 0 Å². The predicted molar refractivity (Wildman–Crippen MR) is 96.2 cm³/mol. The second-order valence-corrected chi connectivity index (χ2v) is 7.74. The van der Waals surface area contributed by atoms with Crippen LogP contribution in [-0.4, -0.2) is 85.5 Å². The van der Waals surface area contributed by atoms with Gasteiger partial charge in [0.2, 0.25) is 11.8 Å². The van der Waals surface area contributed by atoms with Crippen LogP contribution in [0.5, 0.6) is 0 Å². The van der Waals surface area contributed by atoms with Crippen molar-refractivity contribution < 1.29 is 14.3 Å². The summed E-state index contributed by atoms with van der Waals surface area (Å²) in [6.45, 7) is 5.84. The molecule has 142 valence electrons. The summed E-state index contributed by atoms with van der Waals surface area (Å²) in [4.78, 5) is 31.1. The Morgan fingerprint density at radius 3 is 2.08 bits per heavy atom. The number of piperidine rings is 3. The van der Waals surface area contributed by atoms with Crippen molar-refractivity contribution in [3.63, 3.8) is 0 Å². The molecule has 6 heteroatoms. The number of nitrogens with zero attached hydrogens (tertiary/aromatic N) is 3. The molecule has 0 spiro atoms. The summed E-state index contributed by atoms with van der Waals surface area (Å²) in [6.07, 6.45) is 7.69. The first kappa shape index (κ1) is 18.6. The highest BCUT2D eigenvalue weighted by Crippen LogP contribution is 2.26. The van der Waals surface area contributed by atoms with Crippen LogP contribution in [0.4, 0.5) is 0 Å². The molecule has 2 amide bonds. The van der Waals surface area contributed by atoms with Crippen LogP contribution in [0.1, 0.15) is 44.9 Å². The minimum atomic E-state index is 0.104. The third-order valence-electron chi connectivity index (χ3n) is 6.15. The SMILES string of the molecule is COCC(=O)N1CCC(N2CCC(C(=O)N3CCCCC3)CC2)CC1. The van der Waals surface area contributed by atoms with Gasteiger partial charge in [0.15, 0.2) is 0 Å². The van der Waals surface area contributed by atoms with Crippen molar-refractivity contribution >= 4 is 11.8 Å². The lowest BCUT2D eigenvalue weighted by Gasteiger charge is -2.42. The van der Waals surface area contributed by atoms with Crippen molar-refractivity contribution in [2.75, 3.05) is 53.0 Å². The van der Waals surface area contributed by atoms with E-state index in [1.54, 1.807) is 7.11 Å².